The lowest BCUT2D eigenvalue weighted by molar-refractivity contribution is 0.405. The summed E-state index contributed by atoms with van der Waals surface area (Å²) in [4.78, 5) is 2.58. The molecule has 2 rings (SSSR count). The molecule has 1 aromatic carbocycles. The molecule has 136 valence electrons. The van der Waals surface area contributed by atoms with Gasteiger partial charge in [-0.05, 0) is 31.0 Å². The van der Waals surface area contributed by atoms with E-state index >= 15 is 0 Å². The van der Waals surface area contributed by atoms with E-state index in [1.165, 1.54) is 4.31 Å². The molecule has 0 radical (unpaired) electrons. The van der Waals surface area contributed by atoms with Crippen molar-refractivity contribution < 1.29 is 13.2 Å². The van der Waals surface area contributed by atoms with Crippen LogP contribution in [-0.4, -0.2) is 59.1 Å². The molecule has 1 heterocycles. The summed E-state index contributed by atoms with van der Waals surface area (Å²) in [5, 5.41) is 3.39. The molecule has 7 heteroatoms. The van der Waals surface area contributed by atoms with Gasteiger partial charge in [0, 0.05) is 39.3 Å². The van der Waals surface area contributed by atoms with Gasteiger partial charge in [-0.25, -0.2) is 12.7 Å². The van der Waals surface area contributed by atoms with Crippen LogP contribution in [-0.2, 0) is 10.0 Å². The second-order valence-corrected chi connectivity index (χ2v) is 8.16. The van der Waals surface area contributed by atoms with E-state index in [9.17, 15) is 8.42 Å². The number of ether oxygens (including phenoxy) is 1. The molecule has 0 spiro atoms. The van der Waals surface area contributed by atoms with Crippen molar-refractivity contribution in [3.8, 4) is 5.75 Å². The van der Waals surface area contributed by atoms with Gasteiger partial charge in [-0.2, -0.15) is 0 Å². The zero-order valence-corrected chi connectivity index (χ0v) is 15.9. The van der Waals surface area contributed by atoms with Crippen LogP contribution in [0.5, 0.6) is 5.75 Å². The molecule has 0 aliphatic carbocycles. The average Bonchev–Trinajstić information content (AvgIpc) is 2.61. The maximum Gasteiger partial charge on any atom is 0.242 e. The Labute approximate surface area is 145 Å². The maximum absolute atomic E-state index is 12.8. The van der Waals surface area contributed by atoms with E-state index in [0.29, 0.717) is 23.2 Å². The van der Waals surface area contributed by atoms with Gasteiger partial charge in [-0.15, -0.1) is 0 Å². The van der Waals surface area contributed by atoms with Crippen LogP contribution in [0.25, 0.3) is 0 Å². The van der Waals surface area contributed by atoms with E-state index in [1.807, 2.05) is 6.92 Å². The van der Waals surface area contributed by atoms with Gasteiger partial charge in [0.1, 0.15) is 5.75 Å². The smallest absolute Gasteiger partial charge is 0.242 e. The number of benzene rings is 1. The van der Waals surface area contributed by atoms with Crippen molar-refractivity contribution in [1.29, 1.82) is 0 Å². The third-order valence-corrected chi connectivity index (χ3v) is 6.38. The number of hydrogen-bond donors (Lipinski definition) is 1. The molecule has 1 aliphatic rings. The topological polar surface area (TPSA) is 61.9 Å². The SMILES string of the molecule is CCCN(C)S(=O)(=O)c1ccc(OC)c(N2CCNCC2CC)c1. The summed E-state index contributed by atoms with van der Waals surface area (Å²) in [6.07, 6.45) is 1.78. The predicted octanol–water partition coefficient (Wildman–Crippen LogP) is 1.91. The number of hydrogen-bond acceptors (Lipinski definition) is 5. The Bertz CT molecular complexity index is 648. The normalized spacial score (nSPS) is 18.9. The minimum atomic E-state index is -3.48. The van der Waals surface area contributed by atoms with E-state index in [0.717, 1.165) is 38.2 Å². The molecule has 0 saturated carbocycles. The standard InChI is InChI=1S/C17H29N3O3S/c1-5-10-19(3)24(21,22)15-7-8-17(23-4)16(12-15)20-11-9-18-13-14(20)6-2/h7-8,12,14,18H,5-6,9-11,13H2,1-4H3. The van der Waals surface area contributed by atoms with Crippen LogP contribution in [0.3, 0.4) is 0 Å². The Balaban J connectivity index is 2.44. The summed E-state index contributed by atoms with van der Waals surface area (Å²) >= 11 is 0. The van der Waals surface area contributed by atoms with Crippen molar-refractivity contribution >= 4 is 15.7 Å². The predicted molar refractivity (Wildman–Crippen MR) is 97.4 cm³/mol. The van der Waals surface area contributed by atoms with Crippen molar-refractivity contribution in [3.05, 3.63) is 18.2 Å². The first-order valence-electron chi connectivity index (χ1n) is 8.57. The van der Waals surface area contributed by atoms with Crippen LogP contribution in [0.1, 0.15) is 26.7 Å². The molecule has 1 aliphatic heterocycles. The number of nitrogens with zero attached hydrogens (tertiary/aromatic N) is 2. The van der Waals surface area contributed by atoms with E-state index in [-0.39, 0.29) is 0 Å². The fourth-order valence-corrected chi connectivity index (χ4v) is 4.40. The molecule has 1 saturated heterocycles. The molecule has 0 aromatic heterocycles. The molecule has 1 atom stereocenters. The number of nitrogens with one attached hydrogen (secondary N) is 1. The van der Waals surface area contributed by atoms with Gasteiger partial charge in [0.25, 0.3) is 0 Å². The monoisotopic (exact) mass is 355 g/mol. The molecule has 1 aromatic rings. The van der Waals surface area contributed by atoms with Crippen LogP contribution >= 0.6 is 0 Å². The van der Waals surface area contributed by atoms with Crippen molar-refractivity contribution in [2.24, 2.45) is 0 Å². The number of methoxy groups -OCH3 is 1. The molecular formula is C17H29N3O3S. The van der Waals surface area contributed by atoms with Crippen LogP contribution in [0.15, 0.2) is 23.1 Å². The summed E-state index contributed by atoms with van der Waals surface area (Å²) < 4.78 is 32.4. The minimum absolute atomic E-state index is 0.322. The van der Waals surface area contributed by atoms with Crippen molar-refractivity contribution in [2.75, 3.05) is 45.2 Å². The number of anilines is 1. The number of piperazine rings is 1. The van der Waals surface area contributed by atoms with Crippen molar-refractivity contribution in [1.82, 2.24) is 9.62 Å². The van der Waals surface area contributed by atoms with E-state index in [4.69, 9.17) is 4.74 Å². The fourth-order valence-electron chi connectivity index (χ4n) is 3.11. The van der Waals surface area contributed by atoms with Crippen molar-refractivity contribution in [3.63, 3.8) is 0 Å². The Morgan fingerprint density at radius 2 is 2.12 bits per heavy atom. The lowest BCUT2D eigenvalue weighted by Gasteiger charge is -2.38. The molecular weight excluding hydrogens is 326 g/mol. The summed E-state index contributed by atoms with van der Waals surface area (Å²) in [5.41, 5.74) is 0.858. The second kappa shape index (κ2) is 8.18. The minimum Gasteiger partial charge on any atom is -0.495 e. The summed E-state index contributed by atoms with van der Waals surface area (Å²) in [7, 11) is -0.224. The van der Waals surface area contributed by atoms with E-state index in [1.54, 1.807) is 32.4 Å². The first-order chi connectivity index (χ1) is 11.5. The number of rotatable bonds is 7. The molecule has 1 fully saturated rings. The Morgan fingerprint density at radius 3 is 2.75 bits per heavy atom. The first kappa shape index (κ1) is 19.0. The van der Waals surface area contributed by atoms with E-state index < -0.39 is 10.0 Å². The van der Waals surface area contributed by atoms with Gasteiger partial charge in [0.2, 0.25) is 10.0 Å². The van der Waals surface area contributed by atoms with Crippen LogP contribution in [0.4, 0.5) is 5.69 Å². The van der Waals surface area contributed by atoms with Crippen LogP contribution in [0, 0.1) is 0 Å². The second-order valence-electron chi connectivity index (χ2n) is 6.12. The van der Waals surface area contributed by atoms with Gasteiger partial charge in [0.15, 0.2) is 0 Å². The van der Waals surface area contributed by atoms with Gasteiger partial charge in [0.05, 0.1) is 17.7 Å². The van der Waals surface area contributed by atoms with Crippen LogP contribution in [0.2, 0.25) is 0 Å². The highest BCUT2D eigenvalue weighted by atomic mass is 32.2. The highest BCUT2D eigenvalue weighted by Crippen LogP contribution is 2.34. The lowest BCUT2D eigenvalue weighted by Crippen LogP contribution is -2.51. The summed E-state index contributed by atoms with van der Waals surface area (Å²) in [6.45, 7) is 7.24. The highest BCUT2D eigenvalue weighted by Gasteiger charge is 2.27. The molecule has 6 nitrogen and oxygen atoms in total. The zero-order valence-electron chi connectivity index (χ0n) is 15.1. The largest absolute Gasteiger partial charge is 0.495 e. The molecule has 1 N–H and O–H groups in total. The molecule has 0 amide bonds. The first-order valence-corrected chi connectivity index (χ1v) is 10.0. The van der Waals surface area contributed by atoms with Gasteiger partial charge < -0.3 is 15.0 Å². The van der Waals surface area contributed by atoms with Gasteiger partial charge in [-0.1, -0.05) is 13.8 Å². The van der Waals surface area contributed by atoms with Crippen molar-refractivity contribution in [2.45, 2.75) is 37.6 Å². The maximum atomic E-state index is 12.8. The van der Waals surface area contributed by atoms with Gasteiger partial charge in [-0.3, -0.25) is 0 Å². The third-order valence-electron chi connectivity index (χ3n) is 4.53. The quantitative estimate of drug-likeness (QED) is 0.810. The average molecular weight is 356 g/mol. The van der Waals surface area contributed by atoms with E-state index in [2.05, 4.69) is 17.1 Å². The molecule has 1 unspecified atom stereocenters. The summed E-state index contributed by atoms with van der Waals surface area (Å²) in [6, 6.07) is 5.48. The third kappa shape index (κ3) is 3.84. The lowest BCUT2D eigenvalue weighted by atomic mass is 10.1. The molecule has 24 heavy (non-hydrogen) atoms. The molecule has 0 bridgehead atoms. The highest BCUT2D eigenvalue weighted by molar-refractivity contribution is 7.89. The number of sulfonamides is 1. The summed E-state index contributed by atoms with van der Waals surface area (Å²) in [5.74, 6) is 0.715. The van der Waals surface area contributed by atoms with Gasteiger partial charge >= 0.3 is 0 Å². The Hall–Kier alpha value is -1.31. The Kier molecular flexibility index (Phi) is 6.48. The van der Waals surface area contributed by atoms with Crippen LogP contribution < -0.4 is 15.0 Å². The Morgan fingerprint density at radius 1 is 1.38 bits per heavy atom. The fraction of sp³-hybridized carbons (Fsp3) is 0.647. The zero-order chi connectivity index (χ0) is 17.7.